The Morgan fingerprint density at radius 3 is 2.61 bits per heavy atom. The molecule has 0 radical (unpaired) electrons. The van der Waals surface area contributed by atoms with Gasteiger partial charge in [-0.2, -0.15) is 0 Å². The molecule has 1 heterocycles. The first-order chi connectivity index (χ1) is 15.0. The van der Waals surface area contributed by atoms with Gasteiger partial charge in [-0.15, -0.1) is 0 Å². The van der Waals surface area contributed by atoms with E-state index in [4.69, 9.17) is 11.6 Å². The van der Waals surface area contributed by atoms with Crippen LogP contribution in [0.2, 0.25) is 5.02 Å². The smallest absolute Gasteiger partial charge is 0.261 e. The van der Waals surface area contributed by atoms with Gasteiger partial charge in [-0.05, 0) is 79.5 Å². The van der Waals surface area contributed by atoms with Gasteiger partial charge in [0, 0.05) is 22.7 Å². The minimum Gasteiger partial charge on any atom is -0.349 e. The number of halogens is 2. The van der Waals surface area contributed by atoms with Crippen molar-refractivity contribution in [3.8, 4) is 0 Å². The fourth-order valence-electron chi connectivity index (χ4n) is 5.38. The number of carbonyl (C=O) groups is 1. The molecule has 0 aliphatic heterocycles. The van der Waals surface area contributed by atoms with Gasteiger partial charge in [0.2, 0.25) is 0 Å². The fourth-order valence-corrected chi connectivity index (χ4v) is 5.50. The summed E-state index contributed by atoms with van der Waals surface area (Å²) in [6.45, 7) is 2.09. The number of aromatic nitrogens is 2. The molecule has 3 aromatic rings. The maximum Gasteiger partial charge on any atom is 0.261 e. The average molecular weight is 440 g/mol. The van der Waals surface area contributed by atoms with Crippen LogP contribution in [-0.2, 0) is 0 Å². The van der Waals surface area contributed by atoms with E-state index in [1.807, 2.05) is 0 Å². The number of hydrogen-bond acceptors (Lipinski definition) is 3. The van der Waals surface area contributed by atoms with Crippen molar-refractivity contribution < 1.29 is 9.18 Å². The molecule has 5 nitrogen and oxygen atoms in total. The minimum atomic E-state index is -0.430. The molecule has 2 aromatic carbocycles. The number of amides is 1. The number of fused-ring (bicyclic) bond motifs is 2. The normalized spacial score (nSPS) is 25.3. The monoisotopic (exact) mass is 439 g/mol. The predicted molar refractivity (Wildman–Crippen MR) is 118 cm³/mol. The molecule has 2 aliphatic carbocycles. The van der Waals surface area contributed by atoms with Gasteiger partial charge in [-0.25, -0.2) is 9.37 Å². The van der Waals surface area contributed by atoms with E-state index in [1.165, 1.54) is 18.2 Å². The number of carbonyl (C=O) groups excluding carboxylic acids is 1. The third kappa shape index (κ3) is 3.63. The summed E-state index contributed by atoms with van der Waals surface area (Å²) in [5.74, 6) is 0.882. The Balaban J connectivity index is 1.27. The zero-order valence-electron chi connectivity index (χ0n) is 17.1. The van der Waals surface area contributed by atoms with Gasteiger partial charge in [-0.3, -0.25) is 14.2 Å². The lowest BCUT2D eigenvalue weighted by Crippen LogP contribution is -2.37. The zero-order chi connectivity index (χ0) is 21.7. The van der Waals surface area contributed by atoms with Crippen LogP contribution in [0.15, 0.2) is 53.6 Å². The highest BCUT2D eigenvalue weighted by molar-refractivity contribution is 6.30. The summed E-state index contributed by atoms with van der Waals surface area (Å²) < 4.78 is 15.3. The van der Waals surface area contributed by atoms with Gasteiger partial charge in [0.25, 0.3) is 11.5 Å². The van der Waals surface area contributed by atoms with Crippen LogP contribution in [-0.4, -0.2) is 21.5 Å². The molecule has 1 amide bonds. The van der Waals surface area contributed by atoms with E-state index in [2.05, 4.69) is 17.2 Å². The summed E-state index contributed by atoms with van der Waals surface area (Å²) in [5.41, 5.74) is 0.933. The molecule has 3 unspecified atom stereocenters. The molecular formula is C24H23ClFN3O2. The molecule has 1 N–H and O–H groups in total. The molecule has 0 bridgehead atoms. The lowest BCUT2D eigenvalue weighted by Gasteiger charge is -2.22. The summed E-state index contributed by atoms with van der Waals surface area (Å²) in [4.78, 5) is 29.8. The topological polar surface area (TPSA) is 64.0 Å². The minimum absolute atomic E-state index is 0.0726. The Morgan fingerprint density at radius 2 is 1.94 bits per heavy atom. The van der Waals surface area contributed by atoms with E-state index in [0.29, 0.717) is 39.2 Å². The molecular weight excluding hydrogens is 417 g/mol. The third-order valence-electron chi connectivity index (χ3n) is 6.95. The average Bonchev–Trinajstić information content (AvgIpc) is 3.25. The van der Waals surface area contributed by atoms with E-state index in [1.54, 1.807) is 35.2 Å². The maximum atomic E-state index is 13.6. The Bertz CT molecular complexity index is 1200. The van der Waals surface area contributed by atoms with Crippen LogP contribution in [0.1, 0.15) is 42.6 Å². The number of nitrogens with one attached hydrogen (secondary N) is 1. The molecule has 2 aliphatic rings. The first kappa shape index (κ1) is 20.2. The number of nitrogens with zero attached hydrogens (tertiary/aromatic N) is 2. The molecule has 160 valence electrons. The quantitative estimate of drug-likeness (QED) is 0.632. The lowest BCUT2D eigenvalue weighted by atomic mass is 9.99. The molecule has 1 aromatic heterocycles. The largest absolute Gasteiger partial charge is 0.349 e. The Hall–Kier alpha value is -2.73. The highest BCUT2D eigenvalue weighted by Gasteiger charge is 2.59. The van der Waals surface area contributed by atoms with Gasteiger partial charge in [0.1, 0.15) is 5.82 Å². The van der Waals surface area contributed by atoms with Crippen molar-refractivity contribution in [1.29, 1.82) is 0 Å². The van der Waals surface area contributed by atoms with Gasteiger partial charge < -0.3 is 5.32 Å². The van der Waals surface area contributed by atoms with Gasteiger partial charge in [0.15, 0.2) is 0 Å². The van der Waals surface area contributed by atoms with Crippen LogP contribution in [0.5, 0.6) is 0 Å². The standard InChI is InChI=1S/C24H23ClFN3O2/c1-2-20(28-23(30)13-3-5-14(25)6-4-13)22-17-10-16(11-18(17)22)29-12-27-21-8-7-15(26)9-19(21)24(29)31/h3-9,12,16-18,20,22H,2,10-11H2,1H3,(H,28,30). The van der Waals surface area contributed by atoms with Crippen molar-refractivity contribution in [1.82, 2.24) is 14.9 Å². The Labute approximate surface area is 184 Å². The van der Waals surface area contributed by atoms with E-state index < -0.39 is 5.82 Å². The van der Waals surface area contributed by atoms with Crippen LogP contribution >= 0.6 is 11.6 Å². The summed E-state index contributed by atoms with van der Waals surface area (Å²) in [6.07, 6.45) is 4.21. The highest BCUT2D eigenvalue weighted by atomic mass is 35.5. The summed E-state index contributed by atoms with van der Waals surface area (Å²) >= 11 is 5.91. The molecule has 3 atom stereocenters. The van der Waals surface area contributed by atoms with Crippen molar-refractivity contribution >= 4 is 28.4 Å². The van der Waals surface area contributed by atoms with Crippen molar-refractivity contribution in [3.63, 3.8) is 0 Å². The summed E-state index contributed by atoms with van der Waals surface area (Å²) in [7, 11) is 0. The van der Waals surface area contributed by atoms with Crippen molar-refractivity contribution in [3.05, 3.63) is 75.5 Å². The molecule has 31 heavy (non-hydrogen) atoms. The summed E-state index contributed by atoms with van der Waals surface area (Å²) in [6, 6.07) is 11.2. The van der Waals surface area contributed by atoms with Crippen LogP contribution in [0.3, 0.4) is 0 Å². The number of rotatable bonds is 5. The number of benzene rings is 2. The van der Waals surface area contributed by atoms with Crippen molar-refractivity contribution in [2.24, 2.45) is 17.8 Å². The van der Waals surface area contributed by atoms with Crippen LogP contribution in [0, 0.1) is 23.6 Å². The summed E-state index contributed by atoms with van der Waals surface area (Å²) in [5, 5.41) is 4.11. The Kier molecular flexibility index (Phi) is 5.05. The van der Waals surface area contributed by atoms with Gasteiger partial charge >= 0.3 is 0 Å². The van der Waals surface area contributed by atoms with E-state index in [9.17, 15) is 14.0 Å². The van der Waals surface area contributed by atoms with Crippen LogP contribution < -0.4 is 10.9 Å². The molecule has 7 heteroatoms. The second kappa shape index (κ2) is 7.75. The third-order valence-corrected chi connectivity index (χ3v) is 7.20. The highest BCUT2D eigenvalue weighted by Crippen LogP contribution is 2.62. The van der Waals surface area contributed by atoms with Crippen molar-refractivity contribution in [2.45, 2.75) is 38.3 Å². The number of hydrogen-bond donors (Lipinski definition) is 1. The fraction of sp³-hybridized carbons (Fsp3) is 0.375. The molecule has 0 saturated heterocycles. The first-order valence-electron chi connectivity index (χ1n) is 10.7. The second-order valence-corrected chi connectivity index (χ2v) is 9.08. The van der Waals surface area contributed by atoms with Gasteiger partial charge in [0.05, 0.1) is 17.2 Å². The van der Waals surface area contributed by atoms with Gasteiger partial charge in [-0.1, -0.05) is 18.5 Å². The predicted octanol–water partition coefficient (Wildman–Crippen LogP) is 4.59. The van der Waals surface area contributed by atoms with E-state index in [0.717, 1.165) is 19.3 Å². The first-order valence-corrected chi connectivity index (χ1v) is 11.1. The van der Waals surface area contributed by atoms with E-state index >= 15 is 0 Å². The van der Waals surface area contributed by atoms with Crippen LogP contribution in [0.25, 0.3) is 10.9 Å². The van der Waals surface area contributed by atoms with E-state index in [-0.39, 0.29) is 23.6 Å². The molecule has 2 saturated carbocycles. The maximum absolute atomic E-state index is 13.6. The van der Waals surface area contributed by atoms with Crippen molar-refractivity contribution in [2.75, 3.05) is 0 Å². The lowest BCUT2D eigenvalue weighted by molar-refractivity contribution is 0.0927. The molecule has 2 fully saturated rings. The zero-order valence-corrected chi connectivity index (χ0v) is 17.8. The Morgan fingerprint density at radius 1 is 1.23 bits per heavy atom. The molecule has 0 spiro atoms. The SMILES string of the molecule is CCC(NC(=O)c1ccc(Cl)cc1)C1C2CC(n3cnc4ccc(F)cc4c3=O)CC21. The second-order valence-electron chi connectivity index (χ2n) is 8.64. The van der Waals surface area contributed by atoms with Crippen LogP contribution in [0.4, 0.5) is 4.39 Å². The molecule has 5 rings (SSSR count).